The van der Waals surface area contributed by atoms with Gasteiger partial charge in [0.25, 0.3) is 0 Å². The molecule has 0 amide bonds. The predicted octanol–water partition coefficient (Wildman–Crippen LogP) is 3.52. The lowest BCUT2D eigenvalue weighted by Gasteiger charge is -2.11. The lowest BCUT2D eigenvalue weighted by atomic mass is 10.0. The monoisotopic (exact) mass is 278 g/mol. The quantitative estimate of drug-likeness (QED) is 0.634. The Morgan fingerprint density at radius 1 is 1.39 bits per heavy atom. The summed E-state index contributed by atoms with van der Waals surface area (Å²) < 4.78 is 0.834. The van der Waals surface area contributed by atoms with Gasteiger partial charge in [-0.15, -0.1) is 10.2 Å². The summed E-state index contributed by atoms with van der Waals surface area (Å²) in [6, 6.07) is 5.97. The molecule has 1 unspecified atom stereocenters. The van der Waals surface area contributed by atoms with Crippen molar-refractivity contribution in [3.05, 3.63) is 40.4 Å². The number of nitrogens with zero attached hydrogens (tertiary/aromatic N) is 2. The van der Waals surface area contributed by atoms with E-state index in [0.717, 1.165) is 21.0 Å². The lowest BCUT2D eigenvalue weighted by molar-refractivity contribution is 0.0993. The molecule has 0 aliphatic rings. The second kappa shape index (κ2) is 5.63. The first-order valence-corrected chi connectivity index (χ1v) is 7.38. The summed E-state index contributed by atoms with van der Waals surface area (Å²) in [5.74, 6) is 0.149. The smallest absolute Gasteiger partial charge is 0.176 e. The van der Waals surface area contributed by atoms with E-state index in [-0.39, 0.29) is 11.0 Å². The van der Waals surface area contributed by atoms with Crippen LogP contribution in [0.25, 0.3) is 0 Å². The molecule has 0 saturated carbocycles. The molecule has 0 N–H and O–H groups in total. The Balaban J connectivity index is 2.17. The number of aromatic nitrogens is 2. The van der Waals surface area contributed by atoms with E-state index in [1.165, 1.54) is 23.1 Å². The second-order valence-electron chi connectivity index (χ2n) is 4.15. The summed E-state index contributed by atoms with van der Waals surface area (Å²) in [7, 11) is 0. The van der Waals surface area contributed by atoms with Gasteiger partial charge in [-0.1, -0.05) is 40.8 Å². The second-order valence-corrected chi connectivity index (χ2v) is 6.57. The number of hydrogen-bond acceptors (Lipinski definition) is 5. The van der Waals surface area contributed by atoms with Gasteiger partial charge in [-0.3, -0.25) is 4.79 Å². The molecule has 18 heavy (non-hydrogen) atoms. The summed E-state index contributed by atoms with van der Waals surface area (Å²) in [5.41, 5.74) is 4.61. The number of thioether (sulfide) groups is 1. The van der Waals surface area contributed by atoms with Crippen LogP contribution in [0.1, 0.15) is 28.4 Å². The normalized spacial score (nSPS) is 12.4. The van der Waals surface area contributed by atoms with Gasteiger partial charge in [-0.05, 0) is 32.4 Å². The molecule has 1 aromatic carbocycles. The number of carbonyl (C=O) groups is 1. The minimum absolute atomic E-state index is 0.140. The molecule has 0 aliphatic heterocycles. The van der Waals surface area contributed by atoms with Crippen LogP contribution in [0.5, 0.6) is 0 Å². The van der Waals surface area contributed by atoms with Crippen LogP contribution in [-0.2, 0) is 0 Å². The first-order chi connectivity index (χ1) is 8.58. The van der Waals surface area contributed by atoms with Gasteiger partial charge in [0.05, 0.1) is 5.25 Å². The summed E-state index contributed by atoms with van der Waals surface area (Å²) in [6.07, 6.45) is 0. The highest BCUT2D eigenvalue weighted by Crippen LogP contribution is 2.27. The third-order valence-electron chi connectivity index (χ3n) is 2.65. The van der Waals surface area contributed by atoms with Gasteiger partial charge >= 0.3 is 0 Å². The van der Waals surface area contributed by atoms with E-state index in [1.54, 1.807) is 5.51 Å². The summed E-state index contributed by atoms with van der Waals surface area (Å²) in [5, 5.41) is 7.59. The van der Waals surface area contributed by atoms with Crippen molar-refractivity contribution in [3.8, 4) is 0 Å². The van der Waals surface area contributed by atoms with Crippen molar-refractivity contribution < 1.29 is 4.79 Å². The van der Waals surface area contributed by atoms with Crippen LogP contribution >= 0.6 is 23.1 Å². The average Bonchev–Trinajstić information content (AvgIpc) is 2.84. The minimum Gasteiger partial charge on any atom is -0.293 e. The lowest BCUT2D eigenvalue weighted by Crippen LogP contribution is -2.15. The number of Topliss-reactive ketones (excluding diaryl/α,β-unsaturated/α-hetero) is 1. The fourth-order valence-corrected chi connectivity index (χ4v) is 3.33. The van der Waals surface area contributed by atoms with Gasteiger partial charge in [0.2, 0.25) is 0 Å². The Morgan fingerprint density at radius 3 is 2.83 bits per heavy atom. The van der Waals surface area contributed by atoms with Gasteiger partial charge in [0.15, 0.2) is 10.1 Å². The standard InChI is InChI=1S/C13H14N2OS2/c1-8-4-5-9(2)11(6-8)12(16)10(3)18-13-15-14-7-17-13/h4-7,10H,1-3H3. The molecule has 5 heteroatoms. The van der Waals surface area contributed by atoms with E-state index in [4.69, 9.17) is 0 Å². The zero-order chi connectivity index (χ0) is 13.1. The summed E-state index contributed by atoms with van der Waals surface area (Å²) in [6.45, 7) is 5.88. The number of benzene rings is 1. The zero-order valence-electron chi connectivity index (χ0n) is 10.5. The van der Waals surface area contributed by atoms with Crippen molar-refractivity contribution in [1.82, 2.24) is 10.2 Å². The number of aryl methyl sites for hydroxylation is 2. The van der Waals surface area contributed by atoms with Gasteiger partial charge in [0.1, 0.15) is 5.51 Å². The average molecular weight is 278 g/mol. The maximum Gasteiger partial charge on any atom is 0.176 e. The van der Waals surface area contributed by atoms with Crippen LogP contribution in [0.3, 0.4) is 0 Å². The van der Waals surface area contributed by atoms with Crippen molar-refractivity contribution in [1.29, 1.82) is 0 Å². The molecule has 0 spiro atoms. The van der Waals surface area contributed by atoms with Crippen LogP contribution in [0.15, 0.2) is 28.0 Å². The molecule has 1 atom stereocenters. The molecule has 0 fully saturated rings. The van der Waals surface area contributed by atoms with E-state index in [9.17, 15) is 4.79 Å². The highest BCUT2D eigenvalue weighted by Gasteiger charge is 2.19. The number of hydrogen-bond donors (Lipinski definition) is 0. The molecule has 94 valence electrons. The van der Waals surface area contributed by atoms with E-state index in [2.05, 4.69) is 10.2 Å². The van der Waals surface area contributed by atoms with Crippen LogP contribution in [0, 0.1) is 13.8 Å². The Labute approximate surface area is 115 Å². The Kier molecular flexibility index (Phi) is 4.14. The Bertz CT molecular complexity index is 552. The van der Waals surface area contributed by atoms with Crippen LogP contribution in [0.4, 0.5) is 0 Å². The highest BCUT2D eigenvalue weighted by atomic mass is 32.2. The first kappa shape index (κ1) is 13.2. The molecule has 1 heterocycles. The third kappa shape index (κ3) is 2.97. The fourth-order valence-electron chi connectivity index (χ4n) is 1.64. The highest BCUT2D eigenvalue weighted by molar-refractivity contribution is 8.02. The molecule has 0 aliphatic carbocycles. The molecule has 2 rings (SSSR count). The predicted molar refractivity (Wildman–Crippen MR) is 75.5 cm³/mol. The number of carbonyl (C=O) groups excluding carboxylic acids is 1. The van der Waals surface area contributed by atoms with E-state index in [0.29, 0.717) is 0 Å². The topological polar surface area (TPSA) is 42.9 Å². The van der Waals surface area contributed by atoms with E-state index < -0.39 is 0 Å². The van der Waals surface area contributed by atoms with Gasteiger partial charge in [0, 0.05) is 5.56 Å². The van der Waals surface area contributed by atoms with Crippen LogP contribution < -0.4 is 0 Å². The first-order valence-electron chi connectivity index (χ1n) is 5.62. The number of ketones is 1. The largest absolute Gasteiger partial charge is 0.293 e. The van der Waals surface area contributed by atoms with Gasteiger partial charge in [-0.2, -0.15) is 0 Å². The van der Waals surface area contributed by atoms with E-state index in [1.807, 2.05) is 39.0 Å². The summed E-state index contributed by atoms with van der Waals surface area (Å²) >= 11 is 2.92. The maximum atomic E-state index is 12.4. The van der Waals surface area contributed by atoms with Crippen molar-refractivity contribution in [3.63, 3.8) is 0 Å². The molecule has 0 bridgehead atoms. The van der Waals surface area contributed by atoms with Crippen LogP contribution in [0.2, 0.25) is 0 Å². The molecule has 2 aromatic rings. The third-order valence-corrected chi connectivity index (χ3v) is 4.56. The fraction of sp³-hybridized carbons (Fsp3) is 0.308. The van der Waals surface area contributed by atoms with Crippen molar-refractivity contribution in [2.45, 2.75) is 30.4 Å². The molecular formula is C13H14N2OS2. The van der Waals surface area contributed by atoms with Crippen molar-refractivity contribution >= 4 is 28.9 Å². The molecule has 1 aromatic heterocycles. The molecular weight excluding hydrogens is 264 g/mol. The minimum atomic E-state index is -0.140. The van der Waals surface area contributed by atoms with Gasteiger partial charge in [-0.25, -0.2) is 0 Å². The van der Waals surface area contributed by atoms with E-state index >= 15 is 0 Å². The zero-order valence-corrected chi connectivity index (χ0v) is 12.1. The molecule has 0 radical (unpaired) electrons. The maximum absolute atomic E-state index is 12.4. The SMILES string of the molecule is Cc1ccc(C)c(C(=O)C(C)Sc2nncs2)c1. The number of rotatable bonds is 4. The Hall–Kier alpha value is -1.20. The molecule has 3 nitrogen and oxygen atoms in total. The van der Waals surface area contributed by atoms with Crippen molar-refractivity contribution in [2.24, 2.45) is 0 Å². The molecule has 0 saturated heterocycles. The van der Waals surface area contributed by atoms with Gasteiger partial charge < -0.3 is 0 Å². The summed E-state index contributed by atoms with van der Waals surface area (Å²) in [4.78, 5) is 12.4. The van der Waals surface area contributed by atoms with Crippen LogP contribution in [-0.4, -0.2) is 21.2 Å². The Morgan fingerprint density at radius 2 is 2.17 bits per heavy atom. The van der Waals surface area contributed by atoms with Crippen molar-refractivity contribution in [2.75, 3.05) is 0 Å².